The zero-order chi connectivity index (χ0) is 18.3. The Morgan fingerprint density at radius 3 is 2.27 bits per heavy atom. The molecule has 0 aliphatic carbocycles. The first-order valence-electron chi connectivity index (χ1n) is 9.14. The predicted molar refractivity (Wildman–Crippen MR) is 107 cm³/mol. The van der Waals surface area contributed by atoms with Gasteiger partial charge in [0.25, 0.3) is 0 Å². The Kier molecular flexibility index (Phi) is 4.11. The van der Waals surface area contributed by atoms with Crippen molar-refractivity contribution in [2.24, 2.45) is 0 Å². The van der Waals surface area contributed by atoms with Crippen LogP contribution in [0.3, 0.4) is 0 Å². The first-order valence-corrected chi connectivity index (χ1v) is 9.14. The lowest BCUT2D eigenvalue weighted by atomic mass is 10.1. The average molecular weight is 344 g/mol. The summed E-state index contributed by atoms with van der Waals surface area (Å²) in [5, 5.41) is 0. The van der Waals surface area contributed by atoms with Gasteiger partial charge in [-0.3, -0.25) is 0 Å². The number of rotatable bonds is 3. The molecule has 0 amide bonds. The van der Waals surface area contributed by atoms with E-state index in [1.54, 1.807) is 0 Å². The van der Waals surface area contributed by atoms with Gasteiger partial charge in [0.05, 0.1) is 11.9 Å². The second kappa shape index (κ2) is 6.45. The van der Waals surface area contributed by atoms with Gasteiger partial charge in [-0.05, 0) is 43.5 Å². The van der Waals surface area contributed by atoms with Crippen molar-refractivity contribution in [1.29, 1.82) is 0 Å². The molecule has 1 unspecified atom stereocenters. The van der Waals surface area contributed by atoms with Crippen LogP contribution in [0, 0.1) is 6.92 Å². The number of aromatic nitrogens is 2. The molecule has 1 aliphatic rings. The van der Waals surface area contributed by atoms with Crippen LogP contribution in [0.15, 0.2) is 60.8 Å². The molecule has 0 saturated heterocycles. The summed E-state index contributed by atoms with van der Waals surface area (Å²) in [6.45, 7) is 8.65. The molecule has 26 heavy (non-hydrogen) atoms. The van der Waals surface area contributed by atoms with E-state index < -0.39 is 0 Å². The van der Waals surface area contributed by atoms with Crippen LogP contribution >= 0.6 is 0 Å². The van der Waals surface area contributed by atoms with Gasteiger partial charge in [0.1, 0.15) is 6.17 Å². The molecule has 1 atom stereocenters. The standard InChI is InChI=1S/C22H24N4/c1-15(2)19-14-23-21-22(24-19)25(18-11-6-5-7-12-18)17(4)26(21)20-13-9-8-10-16(20)3/h5-15,17H,1-4H3. The predicted octanol–water partition coefficient (Wildman–Crippen LogP) is 5.54. The second-order valence-corrected chi connectivity index (χ2v) is 7.09. The number of nitrogens with zero attached hydrogens (tertiary/aromatic N) is 4. The third kappa shape index (κ3) is 2.62. The zero-order valence-electron chi connectivity index (χ0n) is 15.7. The number of hydrogen-bond donors (Lipinski definition) is 0. The Morgan fingerprint density at radius 1 is 0.885 bits per heavy atom. The van der Waals surface area contributed by atoms with Crippen LogP contribution < -0.4 is 9.80 Å². The minimum absolute atomic E-state index is 0.0934. The van der Waals surface area contributed by atoms with Crippen molar-refractivity contribution in [2.75, 3.05) is 9.80 Å². The van der Waals surface area contributed by atoms with Crippen molar-refractivity contribution < 1.29 is 0 Å². The fraction of sp³-hybridized carbons (Fsp3) is 0.273. The summed E-state index contributed by atoms with van der Waals surface area (Å²) in [7, 11) is 0. The van der Waals surface area contributed by atoms with E-state index in [4.69, 9.17) is 9.97 Å². The van der Waals surface area contributed by atoms with Gasteiger partial charge in [-0.1, -0.05) is 50.2 Å². The first kappa shape index (κ1) is 16.6. The molecule has 0 saturated carbocycles. The molecule has 1 aromatic heterocycles. The summed E-state index contributed by atoms with van der Waals surface area (Å²) >= 11 is 0. The minimum Gasteiger partial charge on any atom is -0.302 e. The Hall–Kier alpha value is -2.88. The Balaban J connectivity index is 1.91. The average Bonchev–Trinajstić information content (AvgIpc) is 2.94. The van der Waals surface area contributed by atoms with Crippen LogP contribution in [-0.4, -0.2) is 16.1 Å². The van der Waals surface area contributed by atoms with Gasteiger partial charge in [0.2, 0.25) is 0 Å². The van der Waals surface area contributed by atoms with Crippen molar-refractivity contribution in [1.82, 2.24) is 9.97 Å². The van der Waals surface area contributed by atoms with Gasteiger partial charge < -0.3 is 9.80 Å². The van der Waals surface area contributed by atoms with Gasteiger partial charge in [-0.2, -0.15) is 0 Å². The highest BCUT2D eigenvalue weighted by molar-refractivity contribution is 5.84. The normalized spacial score (nSPS) is 16.3. The molecular formula is C22H24N4. The van der Waals surface area contributed by atoms with Crippen LogP contribution in [0.5, 0.6) is 0 Å². The first-order chi connectivity index (χ1) is 12.6. The smallest absolute Gasteiger partial charge is 0.178 e. The molecule has 132 valence electrons. The van der Waals surface area contributed by atoms with E-state index in [1.807, 2.05) is 12.3 Å². The van der Waals surface area contributed by atoms with Crippen LogP contribution in [0.4, 0.5) is 23.0 Å². The van der Waals surface area contributed by atoms with Gasteiger partial charge in [0.15, 0.2) is 11.6 Å². The molecular weight excluding hydrogens is 320 g/mol. The topological polar surface area (TPSA) is 32.3 Å². The maximum Gasteiger partial charge on any atom is 0.178 e. The fourth-order valence-electron chi connectivity index (χ4n) is 3.54. The number of benzene rings is 2. The maximum absolute atomic E-state index is 4.99. The Labute approximate surface area is 155 Å². The highest BCUT2D eigenvalue weighted by Crippen LogP contribution is 2.46. The van der Waals surface area contributed by atoms with Crippen molar-refractivity contribution in [3.63, 3.8) is 0 Å². The van der Waals surface area contributed by atoms with Gasteiger partial charge in [-0.15, -0.1) is 0 Å². The number of para-hydroxylation sites is 2. The molecule has 0 fully saturated rings. The van der Waals surface area contributed by atoms with E-state index in [0.717, 1.165) is 23.0 Å². The van der Waals surface area contributed by atoms with Crippen molar-refractivity contribution >= 4 is 23.0 Å². The third-order valence-electron chi connectivity index (χ3n) is 4.96. The molecule has 2 aromatic carbocycles. The largest absolute Gasteiger partial charge is 0.302 e. The SMILES string of the molecule is Cc1ccccc1N1c2ncc(C(C)C)nc2N(c2ccccc2)C1C. The van der Waals surface area contributed by atoms with Crippen molar-refractivity contribution in [3.05, 3.63) is 72.1 Å². The number of hydrogen-bond acceptors (Lipinski definition) is 4. The van der Waals surface area contributed by atoms with Gasteiger partial charge in [0, 0.05) is 11.4 Å². The van der Waals surface area contributed by atoms with Crippen LogP contribution in [-0.2, 0) is 0 Å². The summed E-state index contributed by atoms with van der Waals surface area (Å²) in [6.07, 6.45) is 2.01. The zero-order valence-corrected chi connectivity index (χ0v) is 15.7. The van der Waals surface area contributed by atoms with E-state index >= 15 is 0 Å². The monoisotopic (exact) mass is 344 g/mol. The van der Waals surface area contributed by atoms with Crippen molar-refractivity contribution in [3.8, 4) is 0 Å². The molecule has 0 spiro atoms. The molecule has 3 aromatic rings. The lowest BCUT2D eigenvalue weighted by Gasteiger charge is -2.30. The molecule has 4 nitrogen and oxygen atoms in total. The number of aryl methyl sites for hydroxylation is 1. The van der Waals surface area contributed by atoms with Crippen LogP contribution in [0.1, 0.15) is 37.9 Å². The van der Waals surface area contributed by atoms with E-state index in [1.165, 1.54) is 11.3 Å². The second-order valence-electron chi connectivity index (χ2n) is 7.09. The molecule has 4 rings (SSSR count). The summed E-state index contributed by atoms with van der Waals surface area (Å²) in [5.74, 6) is 2.19. The third-order valence-corrected chi connectivity index (χ3v) is 4.96. The molecule has 4 heteroatoms. The fourth-order valence-corrected chi connectivity index (χ4v) is 3.54. The minimum atomic E-state index is 0.0934. The quantitative estimate of drug-likeness (QED) is 0.624. The molecule has 2 heterocycles. The van der Waals surface area contributed by atoms with E-state index in [2.05, 4.69) is 86.0 Å². The molecule has 0 N–H and O–H groups in total. The Bertz CT molecular complexity index is 920. The summed E-state index contributed by atoms with van der Waals surface area (Å²) in [4.78, 5) is 14.4. The van der Waals surface area contributed by atoms with E-state index in [0.29, 0.717) is 5.92 Å². The van der Waals surface area contributed by atoms with E-state index in [9.17, 15) is 0 Å². The van der Waals surface area contributed by atoms with Crippen molar-refractivity contribution in [2.45, 2.75) is 39.8 Å². The lowest BCUT2D eigenvalue weighted by molar-refractivity contribution is 0.750. The van der Waals surface area contributed by atoms with Crippen LogP contribution in [0.2, 0.25) is 0 Å². The van der Waals surface area contributed by atoms with Gasteiger partial charge >= 0.3 is 0 Å². The Morgan fingerprint density at radius 2 is 1.58 bits per heavy atom. The van der Waals surface area contributed by atoms with E-state index in [-0.39, 0.29) is 6.17 Å². The lowest BCUT2D eigenvalue weighted by Crippen LogP contribution is -2.35. The highest BCUT2D eigenvalue weighted by atomic mass is 15.5. The molecule has 1 aliphatic heterocycles. The molecule has 0 bridgehead atoms. The maximum atomic E-state index is 4.99. The summed E-state index contributed by atoms with van der Waals surface area (Å²) < 4.78 is 0. The van der Waals surface area contributed by atoms with Gasteiger partial charge in [-0.25, -0.2) is 9.97 Å². The number of anilines is 4. The highest BCUT2D eigenvalue weighted by Gasteiger charge is 2.38. The summed E-state index contributed by atoms with van der Waals surface area (Å²) in [6, 6.07) is 18.9. The number of fused-ring (bicyclic) bond motifs is 1. The molecule has 0 radical (unpaired) electrons. The summed E-state index contributed by atoms with van der Waals surface area (Å²) in [5.41, 5.74) is 4.55. The van der Waals surface area contributed by atoms with Crippen LogP contribution in [0.25, 0.3) is 0 Å².